The van der Waals surface area contributed by atoms with Crippen molar-refractivity contribution in [2.75, 3.05) is 0 Å². The predicted octanol–water partition coefficient (Wildman–Crippen LogP) is 13.0. The summed E-state index contributed by atoms with van der Waals surface area (Å²) in [6, 6.07) is 94.1. The van der Waals surface area contributed by atoms with Crippen LogP contribution < -0.4 is 63.7 Å². The van der Waals surface area contributed by atoms with E-state index < -0.39 is 28.6 Å². The Morgan fingerprint density at radius 2 is 0.381 bits per heavy atom. The van der Waals surface area contributed by atoms with Crippen LogP contribution in [0, 0.1) is 0 Å². The van der Waals surface area contributed by atoms with Gasteiger partial charge in [-0.25, -0.2) is 0 Å². The molecule has 0 heterocycles. The lowest BCUT2D eigenvalue weighted by atomic mass is 10.1. The van der Waals surface area contributed by atoms with Crippen LogP contribution in [0.15, 0.2) is 334 Å². The molecule has 0 bridgehead atoms. The maximum absolute atomic E-state index is 14.5. The van der Waals surface area contributed by atoms with Crippen molar-refractivity contribution in [3.05, 3.63) is 334 Å². The molecule has 0 unspecified atom stereocenters. The molecule has 97 heavy (non-hydrogen) atoms. The van der Waals surface area contributed by atoms with E-state index in [4.69, 9.17) is 0 Å². The average Bonchev–Trinajstić information content (AvgIpc) is 0.775. The van der Waals surface area contributed by atoms with Gasteiger partial charge in [0.2, 0.25) is 0 Å². The van der Waals surface area contributed by atoms with Gasteiger partial charge in [0, 0.05) is 63.7 Å². The molecular formula is C80H64O13P4. The second kappa shape index (κ2) is 29.2. The second-order valence-electron chi connectivity index (χ2n) is 22.4. The highest BCUT2D eigenvalue weighted by Gasteiger charge is 2.34. The SMILES string of the molecule is O=P(c1ccc(O)cc1)(c1ccc(O)cc1)c1ccc(O)cc1.O=P(c1ccc(O)cc1)(c1ccc(O)cc1)c1ccc2ccccc2c1.O=P(c1ccc(O)cc1)(c1ccc(O)cc1)c1cccc2ccccc12.O=P(c1ccccc1)(c1ccc(O)cc1)c1ccc(O)cc1. The van der Waals surface area contributed by atoms with Gasteiger partial charge in [0.1, 0.15) is 51.7 Å². The summed E-state index contributed by atoms with van der Waals surface area (Å²) in [5.74, 6) is 1.06. The highest BCUT2D eigenvalue weighted by Crippen LogP contribution is 2.47. The first-order valence-electron chi connectivity index (χ1n) is 30.4. The van der Waals surface area contributed by atoms with Crippen molar-refractivity contribution in [2.45, 2.75) is 0 Å². The summed E-state index contributed by atoms with van der Waals surface area (Å²) in [6.45, 7) is 0. The normalized spacial score (nSPS) is 11.4. The molecule has 0 radical (unpaired) electrons. The topological polar surface area (TPSA) is 250 Å². The van der Waals surface area contributed by atoms with Crippen LogP contribution in [-0.2, 0) is 18.3 Å². The number of aromatic hydroxyl groups is 9. The third-order valence-corrected chi connectivity index (χ3v) is 28.6. The van der Waals surface area contributed by atoms with Gasteiger partial charge in [0.25, 0.3) is 0 Å². The Morgan fingerprint density at radius 1 is 0.165 bits per heavy atom. The van der Waals surface area contributed by atoms with Crippen molar-refractivity contribution in [3.8, 4) is 51.7 Å². The van der Waals surface area contributed by atoms with Crippen LogP contribution in [0.5, 0.6) is 51.7 Å². The van der Waals surface area contributed by atoms with E-state index in [0.717, 1.165) is 26.8 Å². The van der Waals surface area contributed by atoms with E-state index in [2.05, 4.69) is 0 Å². The Hall–Kier alpha value is -11.3. The van der Waals surface area contributed by atoms with E-state index in [9.17, 15) is 64.2 Å². The molecule has 14 rings (SSSR count). The minimum absolute atomic E-state index is 0.0942. The first-order valence-corrected chi connectivity index (χ1v) is 37.2. The van der Waals surface area contributed by atoms with Crippen LogP contribution in [-0.4, -0.2) is 46.0 Å². The molecule has 14 aromatic carbocycles. The van der Waals surface area contributed by atoms with Crippen LogP contribution in [0.4, 0.5) is 0 Å². The Balaban J connectivity index is 0.000000131. The lowest BCUT2D eigenvalue weighted by Crippen LogP contribution is -2.25. The van der Waals surface area contributed by atoms with Gasteiger partial charge in [-0.15, -0.1) is 0 Å². The summed E-state index contributed by atoms with van der Waals surface area (Å²) >= 11 is 0. The summed E-state index contributed by atoms with van der Waals surface area (Å²) < 4.78 is 56.6. The number of benzene rings is 14. The summed E-state index contributed by atoms with van der Waals surface area (Å²) in [4.78, 5) is 0. The molecule has 9 N–H and O–H groups in total. The number of fused-ring (bicyclic) bond motifs is 2. The molecular weight excluding hydrogens is 1290 g/mol. The van der Waals surface area contributed by atoms with E-state index in [1.807, 2.05) is 115 Å². The molecule has 0 saturated heterocycles. The lowest BCUT2D eigenvalue weighted by molar-refractivity contribution is 0.475. The molecule has 0 atom stereocenters. The van der Waals surface area contributed by atoms with Gasteiger partial charge in [-0.05, 0) is 246 Å². The number of hydrogen-bond donors (Lipinski definition) is 9. The van der Waals surface area contributed by atoms with Crippen LogP contribution >= 0.6 is 28.6 Å². The van der Waals surface area contributed by atoms with Gasteiger partial charge >= 0.3 is 0 Å². The smallest absolute Gasteiger partial charge is 0.171 e. The molecule has 0 aliphatic rings. The Bertz CT molecular complexity index is 4940. The molecule has 0 spiro atoms. The fourth-order valence-corrected chi connectivity index (χ4v) is 21.9. The van der Waals surface area contributed by atoms with Crippen LogP contribution in [0.2, 0.25) is 0 Å². The fraction of sp³-hybridized carbons (Fsp3) is 0. The second-order valence-corrected chi connectivity index (χ2v) is 33.5. The van der Waals surface area contributed by atoms with Crippen molar-refractivity contribution < 1.29 is 64.2 Å². The molecule has 17 heteroatoms. The maximum Gasteiger partial charge on any atom is 0.171 e. The number of phenols is 9. The lowest BCUT2D eigenvalue weighted by Gasteiger charge is -2.21. The van der Waals surface area contributed by atoms with Gasteiger partial charge in [-0.1, -0.05) is 109 Å². The Morgan fingerprint density at radius 3 is 0.691 bits per heavy atom. The van der Waals surface area contributed by atoms with Crippen molar-refractivity contribution in [2.24, 2.45) is 0 Å². The van der Waals surface area contributed by atoms with Crippen LogP contribution in [0.1, 0.15) is 0 Å². The first-order chi connectivity index (χ1) is 46.8. The zero-order valence-corrected chi connectivity index (χ0v) is 55.3. The van der Waals surface area contributed by atoms with Gasteiger partial charge in [-0.2, -0.15) is 0 Å². The minimum atomic E-state index is -3.18. The Labute approximate surface area is 560 Å². The van der Waals surface area contributed by atoms with Crippen LogP contribution in [0.25, 0.3) is 21.5 Å². The van der Waals surface area contributed by atoms with Crippen molar-refractivity contribution in [1.29, 1.82) is 0 Å². The number of phenolic OH excluding ortho intramolecular Hbond substituents is 9. The molecule has 0 saturated carbocycles. The zero-order chi connectivity index (χ0) is 68.3. The van der Waals surface area contributed by atoms with Gasteiger partial charge in [0.05, 0.1) is 0 Å². The van der Waals surface area contributed by atoms with Gasteiger partial charge in [0.15, 0.2) is 28.6 Å². The quantitative estimate of drug-likeness (QED) is 0.0517. The summed E-state index contributed by atoms with van der Waals surface area (Å²) in [7, 11) is -12.5. The van der Waals surface area contributed by atoms with E-state index in [-0.39, 0.29) is 51.7 Å². The molecule has 0 fully saturated rings. The molecule has 14 aromatic rings. The zero-order valence-electron chi connectivity index (χ0n) is 51.7. The predicted molar refractivity (Wildman–Crippen MR) is 393 cm³/mol. The summed E-state index contributed by atoms with van der Waals surface area (Å²) in [5, 5.41) is 97.7. The fourth-order valence-electron chi connectivity index (χ4n) is 11.2. The summed E-state index contributed by atoms with van der Waals surface area (Å²) in [6.07, 6.45) is 0. The maximum atomic E-state index is 14.5. The molecule has 482 valence electrons. The number of rotatable bonds is 12. The largest absolute Gasteiger partial charge is 0.508 e. The molecule has 0 aliphatic carbocycles. The van der Waals surface area contributed by atoms with E-state index in [1.165, 1.54) is 60.7 Å². The van der Waals surface area contributed by atoms with Crippen molar-refractivity contribution in [3.63, 3.8) is 0 Å². The van der Waals surface area contributed by atoms with E-state index in [0.29, 0.717) is 58.3 Å². The first kappa shape index (κ1) is 67.2. The van der Waals surface area contributed by atoms with Crippen LogP contribution in [0.3, 0.4) is 0 Å². The average molecular weight is 1360 g/mol. The van der Waals surface area contributed by atoms with E-state index >= 15 is 0 Å². The van der Waals surface area contributed by atoms with Crippen molar-refractivity contribution >= 4 is 114 Å². The highest BCUT2D eigenvalue weighted by molar-refractivity contribution is 7.86. The number of hydrogen-bond acceptors (Lipinski definition) is 13. The van der Waals surface area contributed by atoms with E-state index in [1.54, 1.807) is 158 Å². The third-order valence-electron chi connectivity index (χ3n) is 16.2. The van der Waals surface area contributed by atoms with Crippen molar-refractivity contribution in [1.82, 2.24) is 0 Å². The molecule has 0 aromatic heterocycles. The van der Waals surface area contributed by atoms with Gasteiger partial charge < -0.3 is 64.2 Å². The molecule has 13 nitrogen and oxygen atoms in total. The monoisotopic (exact) mass is 1360 g/mol. The Kier molecular flexibility index (Phi) is 20.2. The third kappa shape index (κ3) is 14.5. The minimum Gasteiger partial charge on any atom is -0.508 e. The highest BCUT2D eigenvalue weighted by atomic mass is 31.2. The molecule has 0 amide bonds. The summed E-state index contributed by atoms with van der Waals surface area (Å²) in [5.41, 5.74) is 0. The van der Waals surface area contributed by atoms with Gasteiger partial charge in [-0.3, -0.25) is 0 Å². The standard InChI is InChI=1S/2C22H17O3P.C18H15O4P.C18H15O3P/c23-17-8-12-19(13-9-17)26(25,20-14-10-18(24)11-15-20)22-7-3-5-16-4-1-2-6-21(16)22;23-18-6-11-20(12-7-18)26(25,21-13-8-19(24)9-14-21)22-10-5-16-3-1-2-4-17(16)15-22;19-13-1-7-16(8-2-13)23(22,17-9-3-14(20)4-10-17)18-11-5-15(21)6-12-18;19-14-6-10-17(11-7-14)22(21,16-4-2-1-3-5-16)18-12-8-15(20)9-13-18/h2*1-15,23-24H;1-12,19-21H;1-13,19-20H. The molecule has 0 aliphatic heterocycles.